The average molecular weight is 485 g/mol. The van der Waals surface area contributed by atoms with Gasteiger partial charge in [0.2, 0.25) is 5.78 Å². The Morgan fingerprint density at radius 3 is 2.51 bits per heavy atom. The maximum absolute atomic E-state index is 13.6. The molecule has 0 aliphatic rings. The van der Waals surface area contributed by atoms with Crippen LogP contribution >= 0.6 is 11.8 Å². The van der Waals surface area contributed by atoms with Gasteiger partial charge >= 0.3 is 0 Å². The third kappa shape index (κ3) is 4.00. The highest BCUT2D eigenvalue weighted by Gasteiger charge is 2.21. The quantitative estimate of drug-likeness (QED) is 0.251. The van der Waals surface area contributed by atoms with E-state index in [0.29, 0.717) is 38.8 Å². The first-order chi connectivity index (χ1) is 16.9. The summed E-state index contributed by atoms with van der Waals surface area (Å²) in [5.41, 5.74) is 4.72. The summed E-state index contributed by atoms with van der Waals surface area (Å²) in [5, 5.41) is 9.82. The average Bonchev–Trinajstić information content (AvgIpc) is 3.28. The second-order valence-electron chi connectivity index (χ2n) is 8.48. The zero-order valence-electron chi connectivity index (χ0n) is 19.9. The number of Topliss-reactive ketones (excluding diaryl/α,β-unsaturated/α-hetero) is 1. The minimum absolute atomic E-state index is 0.0194. The van der Waals surface area contributed by atoms with Crippen molar-refractivity contribution in [3.8, 4) is 11.4 Å². The highest BCUT2D eigenvalue weighted by atomic mass is 32.2. The smallest absolute Gasteiger partial charge is 0.267 e. The molecule has 0 N–H and O–H groups in total. The number of rotatable bonds is 6. The fourth-order valence-corrected chi connectivity index (χ4v) is 5.03. The third-order valence-corrected chi connectivity index (χ3v) is 6.92. The van der Waals surface area contributed by atoms with E-state index in [1.807, 2.05) is 79.8 Å². The molecular formula is C27H24N4O3S. The van der Waals surface area contributed by atoms with Gasteiger partial charge in [-0.05, 0) is 62.2 Å². The van der Waals surface area contributed by atoms with E-state index in [1.54, 1.807) is 13.2 Å². The Labute approximate surface area is 206 Å². The van der Waals surface area contributed by atoms with Crippen molar-refractivity contribution < 1.29 is 9.53 Å². The summed E-state index contributed by atoms with van der Waals surface area (Å²) in [7, 11) is 1.57. The van der Waals surface area contributed by atoms with Crippen molar-refractivity contribution in [3.05, 3.63) is 93.3 Å². The molecule has 0 saturated heterocycles. The van der Waals surface area contributed by atoms with Gasteiger partial charge in [0, 0.05) is 5.56 Å². The molecule has 7 nitrogen and oxygen atoms in total. The molecule has 0 amide bonds. The molecule has 2 heterocycles. The molecule has 0 unspecified atom stereocenters. The Kier molecular flexibility index (Phi) is 5.90. The predicted molar refractivity (Wildman–Crippen MR) is 138 cm³/mol. The summed E-state index contributed by atoms with van der Waals surface area (Å²) >= 11 is 1.30. The number of ether oxygens (including phenoxy) is 1. The molecule has 3 aromatic carbocycles. The Balaban J connectivity index is 1.67. The lowest BCUT2D eigenvalue weighted by molar-refractivity contribution is 0.102. The molecule has 8 heteroatoms. The SMILES string of the molecule is COc1ccc(C)cc1-n1c(=O)c2ccccc2n2c(SCC(=O)c3cc(C)ccc3C)nnc12. The van der Waals surface area contributed by atoms with Crippen LogP contribution in [0.25, 0.3) is 22.4 Å². The number of methoxy groups -OCH3 is 1. The number of hydrogen-bond donors (Lipinski definition) is 0. The number of para-hydroxylation sites is 1. The van der Waals surface area contributed by atoms with Crippen molar-refractivity contribution in [2.24, 2.45) is 0 Å². The van der Waals surface area contributed by atoms with Crippen molar-refractivity contribution in [2.45, 2.75) is 25.9 Å². The molecule has 0 aliphatic heterocycles. The second kappa shape index (κ2) is 9.03. The molecule has 0 saturated carbocycles. The summed E-state index contributed by atoms with van der Waals surface area (Å²) in [6, 6.07) is 18.9. The van der Waals surface area contributed by atoms with Gasteiger partial charge in [-0.3, -0.25) is 14.0 Å². The summed E-state index contributed by atoms with van der Waals surface area (Å²) in [6.07, 6.45) is 0. The highest BCUT2D eigenvalue weighted by molar-refractivity contribution is 7.99. The van der Waals surface area contributed by atoms with Crippen LogP contribution in [0, 0.1) is 20.8 Å². The number of benzene rings is 3. The maximum atomic E-state index is 13.6. The summed E-state index contributed by atoms with van der Waals surface area (Å²) < 4.78 is 8.92. The van der Waals surface area contributed by atoms with Crippen molar-refractivity contribution in [1.29, 1.82) is 0 Å². The fourth-order valence-electron chi connectivity index (χ4n) is 4.21. The minimum atomic E-state index is -0.215. The first-order valence-electron chi connectivity index (χ1n) is 11.2. The van der Waals surface area contributed by atoms with E-state index >= 15 is 0 Å². The van der Waals surface area contributed by atoms with Crippen molar-refractivity contribution in [1.82, 2.24) is 19.2 Å². The van der Waals surface area contributed by atoms with Crippen LogP contribution in [0.2, 0.25) is 0 Å². The molecule has 2 aromatic heterocycles. The number of carbonyl (C=O) groups is 1. The Morgan fingerprint density at radius 1 is 0.971 bits per heavy atom. The normalized spacial score (nSPS) is 11.3. The van der Waals surface area contributed by atoms with Gasteiger partial charge < -0.3 is 4.74 Å². The van der Waals surface area contributed by atoms with E-state index in [2.05, 4.69) is 10.2 Å². The van der Waals surface area contributed by atoms with Crippen molar-refractivity contribution in [2.75, 3.05) is 12.9 Å². The topological polar surface area (TPSA) is 78.5 Å². The molecule has 0 fully saturated rings. The van der Waals surface area contributed by atoms with Gasteiger partial charge in [0.1, 0.15) is 5.75 Å². The summed E-state index contributed by atoms with van der Waals surface area (Å²) in [5.74, 6) is 1.13. The molecule has 35 heavy (non-hydrogen) atoms. The molecular weight excluding hydrogens is 460 g/mol. The van der Waals surface area contributed by atoms with E-state index < -0.39 is 0 Å². The van der Waals surface area contributed by atoms with Gasteiger partial charge in [0.05, 0.1) is 29.5 Å². The van der Waals surface area contributed by atoms with Crippen LogP contribution in [0.1, 0.15) is 27.0 Å². The second-order valence-corrected chi connectivity index (χ2v) is 9.42. The van der Waals surface area contributed by atoms with Gasteiger partial charge in [-0.25, -0.2) is 4.57 Å². The number of aromatic nitrogens is 4. The molecule has 0 aliphatic carbocycles. The van der Waals surface area contributed by atoms with Gasteiger partial charge in [0.25, 0.3) is 5.56 Å². The molecule has 0 bridgehead atoms. The largest absolute Gasteiger partial charge is 0.495 e. The molecule has 0 atom stereocenters. The van der Waals surface area contributed by atoms with Gasteiger partial charge in [0.15, 0.2) is 10.9 Å². The minimum Gasteiger partial charge on any atom is -0.495 e. The van der Waals surface area contributed by atoms with Gasteiger partial charge in [-0.2, -0.15) is 0 Å². The molecule has 5 rings (SSSR count). The first kappa shape index (κ1) is 22.9. The molecule has 0 radical (unpaired) electrons. The van der Waals surface area contributed by atoms with E-state index in [4.69, 9.17) is 4.74 Å². The summed E-state index contributed by atoms with van der Waals surface area (Å²) in [6.45, 7) is 5.86. The van der Waals surface area contributed by atoms with E-state index in [9.17, 15) is 9.59 Å². The molecule has 0 spiro atoms. The van der Waals surface area contributed by atoms with Gasteiger partial charge in [-0.1, -0.05) is 47.7 Å². The number of aryl methyl sites for hydroxylation is 3. The lowest BCUT2D eigenvalue weighted by Gasteiger charge is -2.14. The third-order valence-electron chi connectivity index (χ3n) is 6.00. The van der Waals surface area contributed by atoms with Crippen molar-refractivity contribution in [3.63, 3.8) is 0 Å². The zero-order valence-corrected chi connectivity index (χ0v) is 20.7. The van der Waals surface area contributed by atoms with E-state index in [0.717, 1.165) is 16.7 Å². The first-order valence-corrected chi connectivity index (χ1v) is 12.1. The lowest BCUT2D eigenvalue weighted by atomic mass is 10.0. The Morgan fingerprint density at radius 2 is 1.71 bits per heavy atom. The van der Waals surface area contributed by atoms with E-state index in [1.165, 1.54) is 16.3 Å². The van der Waals surface area contributed by atoms with Crippen LogP contribution in [-0.2, 0) is 0 Å². The van der Waals surface area contributed by atoms with E-state index in [-0.39, 0.29) is 17.1 Å². The number of ketones is 1. The Bertz CT molecular complexity index is 1670. The maximum Gasteiger partial charge on any atom is 0.267 e. The number of fused-ring (bicyclic) bond motifs is 3. The number of thioether (sulfide) groups is 1. The van der Waals surface area contributed by atoms with Crippen LogP contribution < -0.4 is 10.3 Å². The molecule has 5 aromatic rings. The van der Waals surface area contributed by atoms with Crippen LogP contribution in [0.15, 0.2) is 70.6 Å². The highest BCUT2D eigenvalue weighted by Crippen LogP contribution is 2.28. The summed E-state index contributed by atoms with van der Waals surface area (Å²) in [4.78, 5) is 26.6. The fraction of sp³-hybridized carbons (Fsp3) is 0.185. The Hall–Kier alpha value is -3.91. The van der Waals surface area contributed by atoms with Crippen LogP contribution in [0.4, 0.5) is 0 Å². The van der Waals surface area contributed by atoms with Crippen molar-refractivity contribution >= 4 is 34.2 Å². The van der Waals surface area contributed by atoms with Crippen LogP contribution in [0.3, 0.4) is 0 Å². The number of nitrogens with zero attached hydrogens (tertiary/aromatic N) is 4. The van der Waals surface area contributed by atoms with Crippen LogP contribution in [-0.4, -0.2) is 37.8 Å². The molecule has 176 valence electrons. The number of hydrogen-bond acceptors (Lipinski definition) is 6. The zero-order chi connectivity index (χ0) is 24.7. The van der Waals surface area contributed by atoms with Gasteiger partial charge in [-0.15, -0.1) is 10.2 Å². The standard InChI is InChI=1S/C27H24N4O3S/c1-16-9-11-18(3)20(13-16)23(32)15-35-27-29-28-26-30(22-14-17(2)10-12-24(22)34-4)25(33)19-7-5-6-8-21(19)31(26)27/h5-14H,15H2,1-4H3. The monoisotopic (exact) mass is 484 g/mol. The predicted octanol–water partition coefficient (Wildman–Crippen LogP) is 4.94. The lowest BCUT2D eigenvalue weighted by Crippen LogP contribution is -2.22. The van der Waals surface area contributed by atoms with Crippen LogP contribution in [0.5, 0.6) is 5.75 Å². The number of carbonyl (C=O) groups excluding carboxylic acids is 1.